The average Bonchev–Trinajstić information content (AvgIpc) is 3.10. The molecule has 0 saturated heterocycles. The summed E-state index contributed by atoms with van der Waals surface area (Å²) < 4.78 is 6.22. The van der Waals surface area contributed by atoms with E-state index in [4.69, 9.17) is 4.74 Å². The molecule has 0 heterocycles. The molecule has 0 unspecified atom stereocenters. The van der Waals surface area contributed by atoms with Crippen LogP contribution in [0.3, 0.4) is 0 Å². The lowest BCUT2D eigenvalue weighted by Crippen LogP contribution is -2.63. The fourth-order valence-corrected chi connectivity index (χ4v) is 12.2. The molecule has 3 N–H and O–H groups in total. The Morgan fingerprint density at radius 1 is 0.736 bits per heavy atom. The van der Waals surface area contributed by atoms with Gasteiger partial charge in [0.2, 0.25) is 5.91 Å². The van der Waals surface area contributed by atoms with E-state index in [-0.39, 0.29) is 55.8 Å². The number of hydrogen-bond donors (Lipinski definition) is 3. The van der Waals surface area contributed by atoms with E-state index in [0.29, 0.717) is 30.4 Å². The van der Waals surface area contributed by atoms with Gasteiger partial charge in [0.1, 0.15) is 6.10 Å². The van der Waals surface area contributed by atoms with Gasteiger partial charge in [0.05, 0.1) is 27.8 Å². The van der Waals surface area contributed by atoms with Crippen molar-refractivity contribution in [1.82, 2.24) is 0 Å². The minimum absolute atomic E-state index is 0.00539. The number of hydrogen-bond acceptors (Lipinski definition) is 5. The number of rotatable bonds is 6. The van der Waals surface area contributed by atoms with Crippen LogP contribution in [-0.2, 0) is 9.53 Å². The number of amides is 1. The zero-order valence-corrected chi connectivity index (χ0v) is 32.3. The second-order valence-corrected chi connectivity index (χ2v) is 18.8. The van der Waals surface area contributed by atoms with Crippen LogP contribution in [0.25, 0.3) is 0 Å². The summed E-state index contributed by atoms with van der Waals surface area (Å²) in [6.45, 7) is 16.3. The van der Waals surface area contributed by atoms with E-state index >= 15 is 0 Å². The molecular weight excluding hydrogens is 666 g/mol. The van der Waals surface area contributed by atoms with E-state index in [1.54, 1.807) is 30.3 Å². The minimum Gasteiger partial charge on any atom is -0.478 e. The Morgan fingerprint density at radius 3 is 2.04 bits per heavy atom. The Balaban J connectivity index is 1.19. The van der Waals surface area contributed by atoms with Gasteiger partial charge in [-0.3, -0.25) is 4.79 Å². The number of para-hydroxylation sites is 1. The van der Waals surface area contributed by atoms with E-state index in [1.807, 2.05) is 6.92 Å². The molecule has 7 rings (SSSR count). The number of anilines is 1. The molecule has 53 heavy (non-hydrogen) atoms. The van der Waals surface area contributed by atoms with Gasteiger partial charge >= 0.3 is 17.9 Å². The average molecular weight is 722 g/mol. The number of esters is 1. The van der Waals surface area contributed by atoms with Gasteiger partial charge in [0.15, 0.2) is 0 Å². The summed E-state index contributed by atoms with van der Waals surface area (Å²) in [5.41, 5.74) is 2.13. The molecule has 0 aliphatic heterocycles. The molecule has 0 bridgehead atoms. The van der Waals surface area contributed by atoms with E-state index < -0.39 is 23.3 Å². The molecule has 2 aromatic rings. The SMILES string of the molecule is CC1(C)[C@@H](OC(=O)c2ccccc2C(=O)O)CC[C@]2(C)[C@H]3C=CC4=C5C[C@@](C)(C(=O)Nc6ccccc6C(=O)O)CC[C@]5(C)CC[C@@]4(C)[C@]3(C)CC[C@@H]12. The van der Waals surface area contributed by atoms with Crippen LogP contribution in [-0.4, -0.2) is 40.1 Å². The number of carboxylic acids is 2. The maximum Gasteiger partial charge on any atom is 0.339 e. The van der Waals surface area contributed by atoms with Gasteiger partial charge in [-0.15, -0.1) is 0 Å². The van der Waals surface area contributed by atoms with Gasteiger partial charge in [-0.25, -0.2) is 14.4 Å². The molecule has 8 atom stereocenters. The Labute approximate surface area is 313 Å². The Hall–Kier alpha value is -4.20. The standard InChI is InChI=1S/C45H55NO7/c1-40(2)33-18-21-45(7)34(43(33,5)20-19-35(40)53-38(51)28-13-9-8-12-27(28)36(47)48)17-16-30-31-26-42(4,23-22-41(31,3)24-25-44(30,45)6)39(52)46-32-15-11-10-14-29(32)37(49)50/h8-17,33-35H,18-26H2,1-7H3,(H,46,52)(H,47,48)(H,49,50)/t33-,34+,35-,41+,42-,43-,44+,45+/m0/s1. The minimum atomic E-state index is -1.14. The highest BCUT2D eigenvalue weighted by molar-refractivity contribution is 6.03. The van der Waals surface area contributed by atoms with Crippen molar-refractivity contribution in [2.75, 3.05) is 5.32 Å². The molecule has 8 nitrogen and oxygen atoms in total. The zero-order chi connectivity index (χ0) is 38.4. The van der Waals surface area contributed by atoms with Crippen molar-refractivity contribution in [3.63, 3.8) is 0 Å². The molecule has 0 spiro atoms. The maximum atomic E-state index is 14.1. The highest BCUT2D eigenvalue weighted by Crippen LogP contribution is 2.74. The first kappa shape index (κ1) is 37.1. The lowest BCUT2D eigenvalue weighted by atomic mass is 9.35. The number of benzene rings is 2. The maximum absolute atomic E-state index is 14.1. The van der Waals surface area contributed by atoms with Crippen LogP contribution in [0.15, 0.2) is 71.8 Å². The van der Waals surface area contributed by atoms with Gasteiger partial charge in [-0.05, 0) is 121 Å². The van der Waals surface area contributed by atoms with Crippen LogP contribution in [0.4, 0.5) is 5.69 Å². The largest absolute Gasteiger partial charge is 0.478 e. The Morgan fingerprint density at radius 2 is 1.36 bits per heavy atom. The molecule has 3 fully saturated rings. The predicted molar refractivity (Wildman–Crippen MR) is 204 cm³/mol. The van der Waals surface area contributed by atoms with Crippen molar-refractivity contribution in [2.24, 2.45) is 44.3 Å². The molecule has 0 aromatic heterocycles. The number of ether oxygens (including phenoxy) is 1. The van der Waals surface area contributed by atoms with Gasteiger partial charge in [-0.2, -0.15) is 0 Å². The van der Waals surface area contributed by atoms with E-state index in [9.17, 15) is 29.4 Å². The number of carbonyl (C=O) groups excluding carboxylic acids is 2. The molecule has 0 radical (unpaired) electrons. The van der Waals surface area contributed by atoms with Gasteiger partial charge in [-0.1, -0.05) is 90.5 Å². The zero-order valence-electron chi connectivity index (χ0n) is 32.3. The van der Waals surface area contributed by atoms with Crippen LogP contribution >= 0.6 is 0 Å². The van der Waals surface area contributed by atoms with Gasteiger partial charge in [0, 0.05) is 5.41 Å². The van der Waals surface area contributed by atoms with Crippen molar-refractivity contribution >= 4 is 29.5 Å². The monoisotopic (exact) mass is 721 g/mol. The Kier molecular flexibility index (Phi) is 8.70. The van der Waals surface area contributed by atoms with Crippen molar-refractivity contribution in [2.45, 2.75) is 112 Å². The molecule has 8 heteroatoms. The summed E-state index contributed by atoms with van der Waals surface area (Å²) in [6.07, 6.45) is 12.7. The normalized spacial score (nSPS) is 36.9. The summed E-state index contributed by atoms with van der Waals surface area (Å²) in [6, 6.07) is 12.9. The lowest BCUT2D eigenvalue weighted by Gasteiger charge is -2.69. The molecule has 2 aromatic carbocycles. The highest BCUT2D eigenvalue weighted by atomic mass is 16.5. The second-order valence-electron chi connectivity index (χ2n) is 18.8. The highest BCUT2D eigenvalue weighted by Gasteiger charge is 2.67. The van der Waals surface area contributed by atoms with Gasteiger partial charge < -0.3 is 20.3 Å². The molecule has 3 saturated carbocycles. The van der Waals surface area contributed by atoms with E-state index in [1.165, 1.54) is 29.3 Å². The topological polar surface area (TPSA) is 130 Å². The van der Waals surface area contributed by atoms with Crippen molar-refractivity contribution in [3.05, 3.63) is 88.5 Å². The van der Waals surface area contributed by atoms with Crippen molar-refractivity contribution < 1.29 is 34.1 Å². The van der Waals surface area contributed by atoms with Crippen LogP contribution in [0.1, 0.15) is 137 Å². The molecule has 5 aliphatic rings. The third kappa shape index (κ3) is 5.52. The predicted octanol–water partition coefficient (Wildman–Crippen LogP) is 9.97. The number of carboxylic acid groups (broad SMARTS) is 2. The third-order valence-electron chi connectivity index (χ3n) is 15.7. The molecule has 1 amide bonds. The van der Waals surface area contributed by atoms with Crippen LogP contribution in [0.5, 0.6) is 0 Å². The van der Waals surface area contributed by atoms with E-state index in [2.05, 4.69) is 59.0 Å². The number of nitrogens with one attached hydrogen (secondary N) is 1. The summed E-state index contributed by atoms with van der Waals surface area (Å²) in [7, 11) is 0. The Bertz CT molecular complexity index is 1960. The lowest BCUT2D eigenvalue weighted by molar-refractivity contribution is -0.183. The third-order valence-corrected chi connectivity index (χ3v) is 15.7. The summed E-state index contributed by atoms with van der Waals surface area (Å²) in [5.74, 6) is -2.30. The van der Waals surface area contributed by atoms with Gasteiger partial charge in [0.25, 0.3) is 0 Å². The first-order chi connectivity index (χ1) is 24.8. The number of fused-ring (bicyclic) bond motifs is 6. The second kappa shape index (κ2) is 12.4. The molecule has 282 valence electrons. The van der Waals surface area contributed by atoms with Crippen LogP contribution in [0, 0.1) is 44.3 Å². The summed E-state index contributed by atoms with van der Waals surface area (Å²) >= 11 is 0. The fraction of sp³-hybridized carbons (Fsp3) is 0.556. The van der Waals surface area contributed by atoms with Crippen LogP contribution in [0.2, 0.25) is 0 Å². The van der Waals surface area contributed by atoms with E-state index in [0.717, 1.165) is 44.9 Å². The summed E-state index contributed by atoms with van der Waals surface area (Å²) in [5, 5.41) is 22.5. The first-order valence-electron chi connectivity index (χ1n) is 19.4. The first-order valence-corrected chi connectivity index (χ1v) is 19.4. The molecular formula is C45H55NO7. The van der Waals surface area contributed by atoms with Crippen molar-refractivity contribution in [3.8, 4) is 0 Å². The number of allylic oxidation sites excluding steroid dienone is 4. The summed E-state index contributed by atoms with van der Waals surface area (Å²) in [4.78, 5) is 51.3. The molecule has 5 aliphatic carbocycles. The number of carbonyl (C=O) groups is 4. The quantitative estimate of drug-likeness (QED) is 0.253. The van der Waals surface area contributed by atoms with Crippen molar-refractivity contribution in [1.29, 1.82) is 0 Å². The number of aromatic carboxylic acids is 2. The van der Waals surface area contributed by atoms with Crippen LogP contribution < -0.4 is 5.32 Å². The smallest absolute Gasteiger partial charge is 0.339 e. The fourth-order valence-electron chi connectivity index (χ4n) is 12.2.